The molecule has 1 atom stereocenters. The number of hydrogen-bond donors (Lipinski definition) is 1. The van der Waals surface area contributed by atoms with Crippen LogP contribution in [0.4, 0.5) is 13.2 Å². The molecule has 1 unspecified atom stereocenters. The van der Waals surface area contributed by atoms with E-state index in [-0.39, 0.29) is 17.1 Å². The summed E-state index contributed by atoms with van der Waals surface area (Å²) >= 11 is 0. The van der Waals surface area contributed by atoms with Crippen LogP contribution in [0.3, 0.4) is 0 Å². The largest absolute Gasteiger partial charge is 0.418 e. The van der Waals surface area contributed by atoms with Gasteiger partial charge in [-0.3, -0.25) is 4.98 Å². The van der Waals surface area contributed by atoms with E-state index >= 15 is 0 Å². The van der Waals surface area contributed by atoms with E-state index in [9.17, 15) is 13.2 Å². The van der Waals surface area contributed by atoms with Crippen LogP contribution in [0.1, 0.15) is 17.6 Å². The lowest BCUT2D eigenvalue weighted by atomic mass is 10.1. The molecule has 0 aliphatic heterocycles. The molecule has 0 radical (unpaired) electrons. The lowest BCUT2D eigenvalue weighted by Crippen LogP contribution is -2.20. The van der Waals surface area contributed by atoms with Crippen molar-refractivity contribution in [2.75, 3.05) is 0 Å². The van der Waals surface area contributed by atoms with Crippen LogP contribution < -0.4 is 0 Å². The number of pyridine rings is 1. The van der Waals surface area contributed by atoms with Crippen molar-refractivity contribution in [2.24, 2.45) is 0 Å². The average molecular weight is 259 g/mol. The van der Waals surface area contributed by atoms with Crippen LogP contribution in [-0.4, -0.2) is 26.4 Å². The van der Waals surface area contributed by atoms with Gasteiger partial charge in [0.1, 0.15) is 5.69 Å². The fourth-order valence-corrected chi connectivity index (χ4v) is 1.29. The molecular weight excluding hydrogens is 251 g/mol. The third kappa shape index (κ3) is 2.48. The Bertz CT molecular complexity index is 536. The third-order valence-corrected chi connectivity index (χ3v) is 2.17. The molecule has 2 aromatic rings. The molecule has 0 spiro atoms. The first-order valence-electron chi connectivity index (χ1n) is 4.89. The van der Waals surface area contributed by atoms with Crippen LogP contribution in [0.15, 0.2) is 22.9 Å². The molecule has 0 saturated carbocycles. The van der Waals surface area contributed by atoms with E-state index in [1.807, 2.05) is 0 Å². The molecule has 0 saturated heterocycles. The zero-order chi connectivity index (χ0) is 13.3. The Labute approximate surface area is 99.3 Å². The van der Waals surface area contributed by atoms with E-state index in [0.717, 1.165) is 12.3 Å². The fraction of sp³-hybridized carbons (Fsp3) is 0.300. The van der Waals surface area contributed by atoms with Crippen molar-refractivity contribution in [3.8, 4) is 11.5 Å². The number of halogens is 3. The number of rotatable bonds is 2. The van der Waals surface area contributed by atoms with Gasteiger partial charge in [0.05, 0.1) is 0 Å². The Balaban J connectivity index is 2.25. The van der Waals surface area contributed by atoms with Gasteiger partial charge in [0, 0.05) is 18.7 Å². The second-order valence-corrected chi connectivity index (χ2v) is 3.56. The molecule has 2 rings (SSSR count). The average Bonchev–Trinajstić information content (AvgIpc) is 2.74. The van der Waals surface area contributed by atoms with E-state index in [0.29, 0.717) is 5.89 Å². The van der Waals surface area contributed by atoms with Crippen LogP contribution >= 0.6 is 0 Å². The molecule has 18 heavy (non-hydrogen) atoms. The molecule has 0 bridgehead atoms. The molecule has 1 N–H and O–H groups in total. The van der Waals surface area contributed by atoms with Crippen LogP contribution in [-0.2, 0) is 0 Å². The topological polar surface area (TPSA) is 72.0 Å². The second-order valence-electron chi connectivity index (χ2n) is 3.56. The van der Waals surface area contributed by atoms with Crippen molar-refractivity contribution in [2.45, 2.75) is 19.2 Å². The van der Waals surface area contributed by atoms with Crippen molar-refractivity contribution in [3.05, 3.63) is 29.8 Å². The van der Waals surface area contributed by atoms with Gasteiger partial charge in [0.25, 0.3) is 0 Å². The standard InChI is InChI=1S/C10H8F3N3O2/c1-5-15-9(16-18-5)7-3-2-6(4-14-7)8(17)10(11,12)13/h2-4,8,17H,1H3. The van der Waals surface area contributed by atoms with Crippen molar-refractivity contribution in [1.29, 1.82) is 0 Å². The first-order valence-corrected chi connectivity index (χ1v) is 4.89. The van der Waals surface area contributed by atoms with Gasteiger partial charge in [-0.2, -0.15) is 18.2 Å². The summed E-state index contributed by atoms with van der Waals surface area (Å²) in [4.78, 5) is 7.63. The van der Waals surface area contributed by atoms with Crippen LogP contribution in [0.5, 0.6) is 0 Å². The molecule has 2 aromatic heterocycles. The van der Waals surface area contributed by atoms with E-state index in [2.05, 4.69) is 15.1 Å². The number of alkyl halides is 3. The zero-order valence-corrected chi connectivity index (χ0v) is 9.14. The molecule has 2 heterocycles. The highest BCUT2D eigenvalue weighted by atomic mass is 19.4. The monoisotopic (exact) mass is 259 g/mol. The summed E-state index contributed by atoms with van der Waals surface area (Å²) in [5, 5.41) is 12.6. The van der Waals surface area contributed by atoms with Gasteiger partial charge in [-0.05, 0) is 6.07 Å². The summed E-state index contributed by atoms with van der Waals surface area (Å²) in [5.41, 5.74) is -0.0727. The van der Waals surface area contributed by atoms with Gasteiger partial charge in [-0.15, -0.1) is 0 Å². The summed E-state index contributed by atoms with van der Waals surface area (Å²) in [5.74, 6) is 0.506. The summed E-state index contributed by atoms with van der Waals surface area (Å²) in [7, 11) is 0. The highest BCUT2D eigenvalue weighted by molar-refractivity contribution is 5.48. The molecule has 0 aliphatic carbocycles. The van der Waals surface area contributed by atoms with Crippen LogP contribution in [0.2, 0.25) is 0 Å². The number of aryl methyl sites for hydroxylation is 1. The van der Waals surface area contributed by atoms with Crippen LogP contribution in [0.25, 0.3) is 11.5 Å². The maximum absolute atomic E-state index is 12.2. The van der Waals surface area contributed by atoms with Gasteiger partial charge < -0.3 is 9.63 Å². The molecule has 96 valence electrons. The predicted octanol–water partition coefficient (Wildman–Crippen LogP) is 2.04. The van der Waals surface area contributed by atoms with Crippen molar-refractivity contribution in [1.82, 2.24) is 15.1 Å². The van der Waals surface area contributed by atoms with Gasteiger partial charge in [-0.1, -0.05) is 11.2 Å². The van der Waals surface area contributed by atoms with E-state index < -0.39 is 12.3 Å². The van der Waals surface area contributed by atoms with Gasteiger partial charge in [0.2, 0.25) is 11.7 Å². The summed E-state index contributed by atoms with van der Waals surface area (Å²) in [6.07, 6.45) is -6.34. The van der Waals surface area contributed by atoms with Gasteiger partial charge in [0.15, 0.2) is 6.10 Å². The SMILES string of the molecule is Cc1nc(-c2ccc(C(O)C(F)(F)F)cn2)no1. The van der Waals surface area contributed by atoms with Crippen molar-refractivity contribution < 1.29 is 22.8 Å². The smallest absolute Gasteiger partial charge is 0.379 e. The number of aliphatic hydroxyl groups excluding tert-OH is 1. The minimum absolute atomic E-state index is 0.181. The number of nitrogens with zero attached hydrogens (tertiary/aromatic N) is 3. The van der Waals surface area contributed by atoms with Gasteiger partial charge in [-0.25, -0.2) is 0 Å². The first kappa shape index (κ1) is 12.5. The molecule has 0 aromatic carbocycles. The molecule has 8 heteroatoms. The number of hydrogen-bond acceptors (Lipinski definition) is 5. The minimum Gasteiger partial charge on any atom is -0.379 e. The quantitative estimate of drug-likeness (QED) is 0.893. The van der Waals surface area contributed by atoms with Crippen molar-refractivity contribution >= 4 is 0 Å². The Morgan fingerprint density at radius 1 is 1.33 bits per heavy atom. The maximum Gasteiger partial charge on any atom is 0.418 e. The third-order valence-electron chi connectivity index (χ3n) is 2.17. The Morgan fingerprint density at radius 2 is 2.06 bits per heavy atom. The number of aliphatic hydroxyl groups is 1. The Hall–Kier alpha value is -1.96. The van der Waals surface area contributed by atoms with E-state index in [4.69, 9.17) is 9.63 Å². The van der Waals surface area contributed by atoms with Crippen LogP contribution in [0, 0.1) is 6.92 Å². The Kier molecular flexibility index (Phi) is 3.04. The summed E-state index contributed by atoms with van der Waals surface area (Å²) in [6.45, 7) is 1.58. The molecular formula is C10H8F3N3O2. The summed E-state index contributed by atoms with van der Waals surface area (Å²) < 4.78 is 41.5. The molecule has 0 amide bonds. The maximum atomic E-state index is 12.2. The van der Waals surface area contributed by atoms with Gasteiger partial charge >= 0.3 is 6.18 Å². The van der Waals surface area contributed by atoms with E-state index in [1.165, 1.54) is 6.07 Å². The van der Waals surface area contributed by atoms with Crippen molar-refractivity contribution in [3.63, 3.8) is 0 Å². The minimum atomic E-state index is -4.72. The summed E-state index contributed by atoms with van der Waals surface area (Å²) in [6, 6.07) is 2.40. The number of aromatic nitrogens is 3. The molecule has 0 aliphatic rings. The highest BCUT2D eigenvalue weighted by Crippen LogP contribution is 2.32. The Morgan fingerprint density at radius 3 is 2.50 bits per heavy atom. The molecule has 0 fully saturated rings. The van der Waals surface area contributed by atoms with E-state index in [1.54, 1.807) is 6.92 Å². The molecule has 5 nitrogen and oxygen atoms in total. The first-order chi connectivity index (χ1) is 8.38. The second kappa shape index (κ2) is 4.37. The highest BCUT2D eigenvalue weighted by Gasteiger charge is 2.39. The zero-order valence-electron chi connectivity index (χ0n) is 9.14. The lowest BCUT2D eigenvalue weighted by molar-refractivity contribution is -0.206. The lowest BCUT2D eigenvalue weighted by Gasteiger charge is -2.14. The normalized spacial score (nSPS) is 13.6. The predicted molar refractivity (Wildman–Crippen MR) is 53.3 cm³/mol. The fourth-order valence-electron chi connectivity index (χ4n) is 1.29.